The molecule has 0 aliphatic heterocycles. The highest BCUT2D eigenvalue weighted by Crippen LogP contribution is 2.17. The fourth-order valence-corrected chi connectivity index (χ4v) is 2.63. The van der Waals surface area contributed by atoms with E-state index in [0.717, 1.165) is 17.3 Å². The fourth-order valence-electron chi connectivity index (χ4n) is 2.63. The van der Waals surface area contributed by atoms with Crippen LogP contribution in [0.4, 0.5) is 5.82 Å². The zero-order chi connectivity index (χ0) is 17.2. The molecular weight excluding hydrogens is 318 g/mol. The first kappa shape index (κ1) is 15.2. The van der Waals surface area contributed by atoms with Crippen LogP contribution in [0.2, 0.25) is 0 Å². The van der Waals surface area contributed by atoms with Crippen LogP contribution in [0, 0.1) is 0 Å². The van der Waals surface area contributed by atoms with Gasteiger partial charge in [0.2, 0.25) is 5.82 Å². The molecule has 126 valence electrons. The molecule has 0 aliphatic rings. The summed E-state index contributed by atoms with van der Waals surface area (Å²) >= 11 is 0. The number of rotatable bonds is 5. The van der Waals surface area contributed by atoms with Crippen molar-refractivity contribution in [3.8, 4) is 11.5 Å². The summed E-state index contributed by atoms with van der Waals surface area (Å²) in [6.07, 6.45) is 3.42. The molecular formula is C16H17N9. The highest BCUT2D eigenvalue weighted by molar-refractivity contribution is 5.55. The van der Waals surface area contributed by atoms with E-state index in [0.29, 0.717) is 18.0 Å². The van der Waals surface area contributed by atoms with Gasteiger partial charge in [-0.2, -0.15) is 4.52 Å². The fraction of sp³-hybridized carbons (Fsp3) is 0.250. The summed E-state index contributed by atoms with van der Waals surface area (Å²) in [5, 5.41) is 24.3. The van der Waals surface area contributed by atoms with E-state index in [4.69, 9.17) is 0 Å². The summed E-state index contributed by atoms with van der Waals surface area (Å²) in [7, 11) is 1.94. The molecule has 0 aliphatic carbocycles. The van der Waals surface area contributed by atoms with Gasteiger partial charge in [-0.15, -0.1) is 25.5 Å². The molecule has 1 atom stereocenters. The van der Waals surface area contributed by atoms with Gasteiger partial charge in [0.25, 0.3) is 0 Å². The van der Waals surface area contributed by atoms with Gasteiger partial charge in [-0.25, -0.2) is 0 Å². The zero-order valence-electron chi connectivity index (χ0n) is 13.9. The lowest BCUT2D eigenvalue weighted by molar-refractivity contribution is 0.679. The molecule has 0 fully saturated rings. The highest BCUT2D eigenvalue weighted by atomic mass is 15.4. The molecule has 4 aromatic rings. The first-order chi connectivity index (χ1) is 12.2. The van der Waals surface area contributed by atoms with Crippen molar-refractivity contribution in [2.24, 2.45) is 7.05 Å². The Morgan fingerprint density at radius 2 is 2.04 bits per heavy atom. The molecule has 0 saturated heterocycles. The van der Waals surface area contributed by atoms with Crippen molar-refractivity contribution in [2.75, 3.05) is 11.9 Å². The number of hydrogen-bond donors (Lipinski definition) is 1. The number of anilines is 1. The third-order valence-electron chi connectivity index (χ3n) is 3.93. The molecule has 9 heteroatoms. The van der Waals surface area contributed by atoms with Crippen LogP contribution in [0.25, 0.3) is 17.2 Å². The van der Waals surface area contributed by atoms with Gasteiger partial charge in [0.05, 0.1) is 0 Å². The van der Waals surface area contributed by atoms with E-state index in [1.165, 1.54) is 0 Å². The maximum Gasteiger partial charge on any atom is 0.203 e. The topological polar surface area (TPSA) is 98.7 Å². The Bertz CT molecular complexity index is 989. The first-order valence-electron chi connectivity index (χ1n) is 7.94. The van der Waals surface area contributed by atoms with Crippen LogP contribution in [0.1, 0.15) is 18.7 Å². The molecule has 4 heterocycles. The summed E-state index contributed by atoms with van der Waals surface area (Å²) < 4.78 is 3.61. The van der Waals surface area contributed by atoms with Crippen molar-refractivity contribution in [2.45, 2.75) is 12.8 Å². The lowest BCUT2D eigenvalue weighted by atomic mass is 10.1. The van der Waals surface area contributed by atoms with Crippen LogP contribution in [-0.4, -0.2) is 46.1 Å². The lowest BCUT2D eigenvalue weighted by Gasteiger charge is -2.12. The Labute approximate surface area is 143 Å². The quantitative estimate of drug-likeness (QED) is 0.590. The number of fused-ring (bicyclic) bond motifs is 1. The number of aryl methyl sites for hydroxylation is 1. The van der Waals surface area contributed by atoms with Crippen LogP contribution in [0.5, 0.6) is 0 Å². The Kier molecular flexibility index (Phi) is 3.81. The smallest absolute Gasteiger partial charge is 0.203 e. The molecule has 0 radical (unpaired) electrons. The van der Waals surface area contributed by atoms with E-state index in [9.17, 15) is 0 Å². The summed E-state index contributed by atoms with van der Waals surface area (Å²) in [6.45, 7) is 2.78. The monoisotopic (exact) mass is 335 g/mol. The number of nitrogens with one attached hydrogen (secondary N) is 1. The molecule has 0 bridgehead atoms. The maximum atomic E-state index is 4.58. The van der Waals surface area contributed by atoms with Crippen LogP contribution in [0.3, 0.4) is 0 Å². The highest BCUT2D eigenvalue weighted by Gasteiger charge is 2.13. The minimum Gasteiger partial charge on any atom is -0.368 e. The van der Waals surface area contributed by atoms with Gasteiger partial charge in [-0.1, -0.05) is 13.0 Å². The van der Waals surface area contributed by atoms with Crippen LogP contribution >= 0.6 is 0 Å². The van der Waals surface area contributed by atoms with Gasteiger partial charge >= 0.3 is 0 Å². The Balaban J connectivity index is 1.58. The van der Waals surface area contributed by atoms with Crippen LogP contribution in [0.15, 0.2) is 42.9 Å². The van der Waals surface area contributed by atoms with Gasteiger partial charge in [0.1, 0.15) is 23.7 Å². The third kappa shape index (κ3) is 2.91. The first-order valence-corrected chi connectivity index (χ1v) is 7.94. The predicted octanol–water partition coefficient (Wildman–Crippen LogP) is 1.53. The second-order valence-corrected chi connectivity index (χ2v) is 5.81. The van der Waals surface area contributed by atoms with E-state index < -0.39 is 0 Å². The molecule has 0 saturated carbocycles. The van der Waals surface area contributed by atoms with E-state index in [1.54, 1.807) is 17.0 Å². The third-order valence-corrected chi connectivity index (χ3v) is 3.93. The zero-order valence-corrected chi connectivity index (χ0v) is 13.9. The summed E-state index contributed by atoms with van der Waals surface area (Å²) in [4.78, 5) is 4.32. The van der Waals surface area contributed by atoms with E-state index in [-0.39, 0.29) is 5.92 Å². The summed E-state index contributed by atoms with van der Waals surface area (Å²) in [6, 6.07) is 9.42. The number of nitrogens with zero attached hydrogens (tertiary/aromatic N) is 8. The molecule has 1 unspecified atom stereocenters. The van der Waals surface area contributed by atoms with Crippen molar-refractivity contribution in [1.82, 2.24) is 39.6 Å². The van der Waals surface area contributed by atoms with Crippen molar-refractivity contribution >= 4 is 11.5 Å². The normalized spacial score (nSPS) is 12.4. The maximum absolute atomic E-state index is 4.58. The standard InChI is InChI=1S/C16H17N9/c1-11(15-21-19-10-24(15)2)9-18-13-6-7-14-20-22-16(25(14)23-13)12-5-3-4-8-17-12/h3-8,10-11H,9H2,1-2H3,(H,18,23). The SMILES string of the molecule is CC(CNc1ccc2nnc(-c3ccccn3)n2n1)c1nncn1C. The van der Waals surface area contributed by atoms with Gasteiger partial charge in [-0.05, 0) is 24.3 Å². The molecule has 4 rings (SSSR count). The molecule has 0 amide bonds. The van der Waals surface area contributed by atoms with Crippen molar-refractivity contribution < 1.29 is 0 Å². The van der Waals surface area contributed by atoms with E-state index >= 15 is 0 Å². The lowest BCUT2D eigenvalue weighted by Crippen LogP contribution is -2.15. The number of pyridine rings is 1. The molecule has 25 heavy (non-hydrogen) atoms. The Morgan fingerprint density at radius 1 is 1.12 bits per heavy atom. The molecule has 9 nitrogen and oxygen atoms in total. The van der Waals surface area contributed by atoms with Crippen molar-refractivity contribution in [3.63, 3.8) is 0 Å². The number of hydrogen-bond acceptors (Lipinski definition) is 7. The number of aromatic nitrogens is 8. The minimum atomic E-state index is 0.196. The Morgan fingerprint density at radius 3 is 2.80 bits per heavy atom. The summed E-state index contributed by atoms with van der Waals surface area (Å²) in [5.74, 6) is 2.47. The summed E-state index contributed by atoms with van der Waals surface area (Å²) in [5.41, 5.74) is 1.40. The van der Waals surface area contributed by atoms with Gasteiger partial charge in [-0.3, -0.25) is 4.98 Å². The average Bonchev–Trinajstić information content (AvgIpc) is 3.26. The predicted molar refractivity (Wildman–Crippen MR) is 91.9 cm³/mol. The molecule has 4 aromatic heterocycles. The molecule has 0 spiro atoms. The van der Waals surface area contributed by atoms with Crippen LogP contribution < -0.4 is 5.32 Å². The largest absolute Gasteiger partial charge is 0.368 e. The van der Waals surface area contributed by atoms with Gasteiger partial charge < -0.3 is 9.88 Å². The molecule has 0 aromatic carbocycles. The van der Waals surface area contributed by atoms with E-state index in [2.05, 4.69) is 42.7 Å². The van der Waals surface area contributed by atoms with E-state index in [1.807, 2.05) is 41.9 Å². The van der Waals surface area contributed by atoms with Gasteiger partial charge in [0.15, 0.2) is 5.65 Å². The van der Waals surface area contributed by atoms with Crippen molar-refractivity contribution in [3.05, 3.63) is 48.7 Å². The minimum absolute atomic E-state index is 0.196. The van der Waals surface area contributed by atoms with Gasteiger partial charge in [0, 0.05) is 25.7 Å². The second-order valence-electron chi connectivity index (χ2n) is 5.81. The average molecular weight is 335 g/mol. The van der Waals surface area contributed by atoms with Crippen molar-refractivity contribution in [1.29, 1.82) is 0 Å². The van der Waals surface area contributed by atoms with Crippen LogP contribution in [-0.2, 0) is 7.05 Å². The Hall–Kier alpha value is -3.36. The second kappa shape index (κ2) is 6.27. The molecule has 1 N–H and O–H groups in total.